The predicted octanol–water partition coefficient (Wildman–Crippen LogP) is 4.10. The first-order valence-corrected chi connectivity index (χ1v) is 6.78. The zero-order chi connectivity index (χ0) is 13.8. The van der Waals surface area contributed by atoms with Crippen molar-refractivity contribution in [1.82, 2.24) is 5.16 Å². The van der Waals surface area contributed by atoms with Gasteiger partial charge in [0.25, 0.3) is 0 Å². The minimum atomic E-state index is 0.819. The molecule has 0 saturated heterocycles. The van der Waals surface area contributed by atoms with E-state index in [4.69, 9.17) is 4.52 Å². The largest absolute Gasteiger partial charge is 0.388 e. The van der Waals surface area contributed by atoms with E-state index in [1.165, 1.54) is 11.9 Å². The van der Waals surface area contributed by atoms with E-state index in [-0.39, 0.29) is 0 Å². The van der Waals surface area contributed by atoms with Gasteiger partial charge in [0.15, 0.2) is 0 Å². The summed E-state index contributed by atoms with van der Waals surface area (Å²) in [5.74, 6) is 0.819. The topological polar surface area (TPSA) is 50.1 Å². The van der Waals surface area contributed by atoms with Crippen molar-refractivity contribution in [2.75, 3.05) is 17.1 Å². The molecule has 0 atom stereocenters. The van der Waals surface area contributed by atoms with E-state index < -0.39 is 0 Å². The molecule has 0 spiro atoms. The second-order valence-corrected chi connectivity index (χ2v) is 4.89. The van der Waals surface area contributed by atoms with Crippen molar-refractivity contribution >= 4 is 29.4 Å². The molecule has 2 aromatic rings. The summed E-state index contributed by atoms with van der Waals surface area (Å²) in [7, 11) is 1.90. The maximum absolute atomic E-state index is 5.14. The Morgan fingerprint density at radius 1 is 1.32 bits per heavy atom. The summed E-state index contributed by atoms with van der Waals surface area (Å²) >= 11 is 1.50. The van der Waals surface area contributed by atoms with E-state index in [2.05, 4.69) is 21.8 Å². The molecule has 0 aliphatic carbocycles. The third-order valence-corrected chi connectivity index (χ3v) is 3.92. The van der Waals surface area contributed by atoms with Crippen molar-refractivity contribution < 1.29 is 4.52 Å². The lowest BCUT2D eigenvalue weighted by molar-refractivity contribution is 0.391. The highest BCUT2D eigenvalue weighted by molar-refractivity contribution is 8.00. The Morgan fingerprint density at radius 3 is 2.63 bits per heavy atom. The third-order valence-electron chi connectivity index (χ3n) is 2.81. The number of hydrogen-bond acceptors (Lipinski definition) is 5. The average molecular weight is 275 g/mol. The van der Waals surface area contributed by atoms with Gasteiger partial charge < -0.3 is 14.6 Å². The van der Waals surface area contributed by atoms with Crippen molar-refractivity contribution in [2.45, 2.75) is 18.7 Å². The maximum Gasteiger partial charge on any atom is 0.149 e. The zero-order valence-electron chi connectivity index (χ0n) is 11.3. The van der Waals surface area contributed by atoms with Crippen LogP contribution in [-0.2, 0) is 0 Å². The molecule has 0 radical (unpaired) electrons. The Balaban J connectivity index is 2.22. The number of rotatable bonds is 5. The fourth-order valence-corrected chi connectivity index (χ4v) is 2.57. The van der Waals surface area contributed by atoms with Crippen LogP contribution in [0, 0.1) is 13.8 Å². The smallest absolute Gasteiger partial charge is 0.149 e. The Kier molecular flexibility index (Phi) is 4.16. The first-order chi connectivity index (χ1) is 9.17. The summed E-state index contributed by atoms with van der Waals surface area (Å²) in [6, 6.07) is 6.03. The van der Waals surface area contributed by atoms with Gasteiger partial charge in [0.05, 0.1) is 16.3 Å². The van der Waals surface area contributed by atoms with Crippen LogP contribution in [0.5, 0.6) is 0 Å². The number of nitrogens with one attached hydrogen (secondary N) is 2. The van der Waals surface area contributed by atoms with Gasteiger partial charge in [0.2, 0.25) is 0 Å². The highest BCUT2D eigenvalue weighted by Gasteiger charge is 2.11. The fraction of sp³-hybridized carbons (Fsp3) is 0.214. The highest BCUT2D eigenvalue weighted by atomic mass is 32.2. The van der Waals surface area contributed by atoms with E-state index in [1.54, 1.807) is 0 Å². The van der Waals surface area contributed by atoms with Crippen molar-refractivity contribution in [3.63, 3.8) is 0 Å². The molecule has 1 aromatic carbocycles. The van der Waals surface area contributed by atoms with Gasteiger partial charge in [-0.3, -0.25) is 0 Å². The van der Waals surface area contributed by atoms with E-state index in [0.29, 0.717) is 0 Å². The molecule has 1 aromatic heterocycles. The first kappa shape index (κ1) is 13.5. The monoisotopic (exact) mass is 275 g/mol. The lowest BCUT2D eigenvalue weighted by atomic mass is 10.1. The normalized spacial score (nSPS) is 10.3. The van der Waals surface area contributed by atoms with E-state index in [1.807, 2.05) is 45.2 Å². The molecule has 100 valence electrons. The van der Waals surface area contributed by atoms with Crippen LogP contribution in [-0.4, -0.2) is 12.2 Å². The van der Waals surface area contributed by atoms with Crippen LogP contribution in [0.1, 0.15) is 17.0 Å². The number of aromatic nitrogens is 1. The van der Waals surface area contributed by atoms with E-state index in [0.717, 1.165) is 33.3 Å². The van der Waals surface area contributed by atoms with Crippen LogP contribution in [0.2, 0.25) is 0 Å². The summed E-state index contributed by atoms with van der Waals surface area (Å²) in [6.07, 6.45) is 1.84. The van der Waals surface area contributed by atoms with Crippen molar-refractivity contribution in [1.29, 1.82) is 0 Å². The molecule has 5 heteroatoms. The Labute approximate surface area is 117 Å². The van der Waals surface area contributed by atoms with Gasteiger partial charge in [-0.1, -0.05) is 23.9 Å². The number of aryl methyl sites for hydroxylation is 2. The zero-order valence-corrected chi connectivity index (χ0v) is 12.1. The van der Waals surface area contributed by atoms with Gasteiger partial charge in [0.1, 0.15) is 5.76 Å². The van der Waals surface area contributed by atoms with Crippen LogP contribution in [0.3, 0.4) is 0 Å². The average Bonchev–Trinajstić information content (AvgIpc) is 2.75. The molecular weight excluding hydrogens is 258 g/mol. The lowest BCUT2D eigenvalue weighted by Gasteiger charge is -2.12. The minimum absolute atomic E-state index is 0.819. The molecule has 0 unspecified atom stereocenters. The summed E-state index contributed by atoms with van der Waals surface area (Å²) in [5.41, 5.74) is 3.98. The molecule has 4 nitrogen and oxygen atoms in total. The Hall–Kier alpha value is -1.88. The molecule has 0 aliphatic heterocycles. The molecule has 2 N–H and O–H groups in total. The first-order valence-electron chi connectivity index (χ1n) is 5.96. The molecule has 1 heterocycles. The SMILES string of the molecule is C=Cc1c(NC)cccc1NSc1c(C)noc1C. The van der Waals surface area contributed by atoms with Crippen molar-refractivity contribution in [3.8, 4) is 0 Å². The van der Waals surface area contributed by atoms with Gasteiger partial charge in [-0.15, -0.1) is 0 Å². The lowest BCUT2D eigenvalue weighted by Crippen LogP contribution is -1.96. The van der Waals surface area contributed by atoms with E-state index in [9.17, 15) is 0 Å². The van der Waals surface area contributed by atoms with Gasteiger partial charge in [-0.25, -0.2) is 0 Å². The second-order valence-electron chi connectivity index (χ2n) is 4.08. The van der Waals surface area contributed by atoms with Crippen LogP contribution < -0.4 is 10.0 Å². The van der Waals surface area contributed by atoms with Crippen molar-refractivity contribution in [2.24, 2.45) is 0 Å². The predicted molar refractivity (Wildman–Crippen MR) is 81.5 cm³/mol. The second kappa shape index (κ2) is 5.84. The van der Waals surface area contributed by atoms with Crippen LogP contribution in [0.25, 0.3) is 6.08 Å². The molecule has 0 fully saturated rings. The number of hydrogen-bond donors (Lipinski definition) is 2. The number of nitrogens with zero attached hydrogens (tertiary/aromatic N) is 1. The van der Waals surface area contributed by atoms with Crippen LogP contribution >= 0.6 is 11.9 Å². The minimum Gasteiger partial charge on any atom is -0.388 e. The Bertz CT molecular complexity index is 573. The highest BCUT2D eigenvalue weighted by Crippen LogP contribution is 2.31. The Morgan fingerprint density at radius 2 is 2.05 bits per heavy atom. The molecule has 0 amide bonds. The fourth-order valence-electron chi connectivity index (χ4n) is 1.82. The van der Waals surface area contributed by atoms with Gasteiger partial charge in [0, 0.05) is 18.3 Å². The standard InChI is InChI=1S/C14H17N3OS/c1-5-11-12(15-4)7-6-8-13(11)17-19-14-9(2)16-18-10(14)3/h5-8,15,17H,1H2,2-4H3. The third kappa shape index (κ3) is 2.76. The van der Waals surface area contributed by atoms with Crippen LogP contribution in [0.15, 0.2) is 34.2 Å². The maximum atomic E-state index is 5.14. The van der Waals surface area contributed by atoms with Crippen LogP contribution in [0.4, 0.5) is 11.4 Å². The summed E-state index contributed by atoms with van der Waals surface area (Å²) in [4.78, 5) is 1.02. The molecule has 0 aliphatic rings. The quantitative estimate of drug-likeness (QED) is 0.805. The van der Waals surface area contributed by atoms with E-state index >= 15 is 0 Å². The number of anilines is 2. The number of benzene rings is 1. The molecule has 2 rings (SSSR count). The van der Waals surface area contributed by atoms with Gasteiger partial charge in [-0.2, -0.15) is 0 Å². The summed E-state index contributed by atoms with van der Waals surface area (Å²) in [5, 5.41) is 7.09. The summed E-state index contributed by atoms with van der Waals surface area (Å²) in [6.45, 7) is 7.69. The molecule has 0 bridgehead atoms. The van der Waals surface area contributed by atoms with Crippen molar-refractivity contribution in [3.05, 3.63) is 41.8 Å². The molecule has 0 saturated carbocycles. The summed E-state index contributed by atoms with van der Waals surface area (Å²) < 4.78 is 8.47. The van der Waals surface area contributed by atoms with Gasteiger partial charge >= 0.3 is 0 Å². The molecule has 19 heavy (non-hydrogen) atoms. The van der Waals surface area contributed by atoms with Gasteiger partial charge in [-0.05, 0) is 37.9 Å². The molecular formula is C14H17N3OS.